The topological polar surface area (TPSA) is 72.9 Å². The first-order valence-electron chi connectivity index (χ1n) is 21.3. The van der Waals surface area contributed by atoms with E-state index in [9.17, 15) is 14.4 Å². The summed E-state index contributed by atoms with van der Waals surface area (Å²) in [7, 11) is 7.06. The van der Waals surface area contributed by atoms with Crippen LogP contribution >= 0.6 is 0 Å². The van der Waals surface area contributed by atoms with E-state index in [2.05, 4.69) is 77.1 Å². The molecule has 0 spiro atoms. The van der Waals surface area contributed by atoms with E-state index in [1.54, 1.807) is 0 Å². The van der Waals surface area contributed by atoms with Gasteiger partial charge in [0.2, 0.25) is 0 Å². The Balaban J connectivity index is 4.01. The maximum Gasteiger partial charge on any atom is 0.305 e. The molecular formula is C46H81NO5. The van der Waals surface area contributed by atoms with Crippen molar-refractivity contribution >= 4 is 17.7 Å². The number of methoxy groups -OCH3 is 2. The third-order valence-electron chi connectivity index (χ3n) is 9.71. The molecule has 6 nitrogen and oxygen atoms in total. The Hall–Kier alpha value is -2.47. The highest BCUT2D eigenvalue weighted by Gasteiger charge is 2.14. The first-order valence-corrected chi connectivity index (χ1v) is 21.3. The van der Waals surface area contributed by atoms with E-state index in [-0.39, 0.29) is 11.9 Å². The van der Waals surface area contributed by atoms with Gasteiger partial charge in [0.05, 0.1) is 14.2 Å². The molecule has 0 aliphatic rings. The van der Waals surface area contributed by atoms with Gasteiger partial charge in [0.1, 0.15) is 5.78 Å². The minimum atomic E-state index is -0.113. The third-order valence-corrected chi connectivity index (χ3v) is 9.71. The number of ether oxygens (including phenoxy) is 2. The average molecular weight is 728 g/mol. The van der Waals surface area contributed by atoms with E-state index < -0.39 is 0 Å². The number of hydrogen-bond acceptors (Lipinski definition) is 6. The number of hydrogen-bond donors (Lipinski definition) is 0. The molecular weight excluding hydrogens is 647 g/mol. The molecule has 52 heavy (non-hydrogen) atoms. The van der Waals surface area contributed by atoms with Crippen molar-refractivity contribution < 1.29 is 23.9 Å². The van der Waals surface area contributed by atoms with E-state index in [0.29, 0.717) is 24.5 Å². The van der Waals surface area contributed by atoms with Crippen LogP contribution in [0.25, 0.3) is 0 Å². The Morgan fingerprint density at radius 2 is 0.827 bits per heavy atom. The van der Waals surface area contributed by atoms with Crippen LogP contribution in [-0.4, -0.2) is 57.5 Å². The van der Waals surface area contributed by atoms with Crippen molar-refractivity contribution in [3.63, 3.8) is 0 Å². The highest BCUT2D eigenvalue weighted by atomic mass is 16.5. The molecule has 0 saturated carbocycles. The Morgan fingerprint density at radius 3 is 1.21 bits per heavy atom. The van der Waals surface area contributed by atoms with Crippen molar-refractivity contribution in [1.82, 2.24) is 4.90 Å². The highest BCUT2D eigenvalue weighted by Crippen LogP contribution is 2.23. The van der Waals surface area contributed by atoms with E-state index in [4.69, 9.17) is 0 Å². The molecule has 300 valence electrons. The van der Waals surface area contributed by atoms with Crippen LogP contribution in [0.4, 0.5) is 0 Å². The highest BCUT2D eigenvalue weighted by molar-refractivity contribution is 5.78. The van der Waals surface area contributed by atoms with Crippen molar-refractivity contribution in [3.8, 4) is 0 Å². The van der Waals surface area contributed by atoms with Gasteiger partial charge in [-0.25, -0.2) is 0 Å². The number of esters is 2. The SMILES string of the molecule is COC(=O)CCCC/C=C\C/C=C\CCCCCCCCC(CCCCCCCC/C=C\C/C=C\CCCCC(=O)OC)CC(=O)CCCN(C)C. The predicted octanol–water partition coefficient (Wildman–Crippen LogP) is 12.6. The standard InChI is InChI=1S/C46H81NO5/c1-47(2)41-35-38-44(48)42-43(36-31-27-23-19-15-11-7-5-9-13-17-21-25-29-33-39-45(49)51-3)37-32-28-24-20-16-12-8-6-10-14-18-22-26-30-34-40-46(50)52-4/h5-6,9-10,17-18,21-22,43H,7-8,11-16,19-20,23-42H2,1-4H3/b9-5-,10-6-,21-17-,22-18-. The lowest BCUT2D eigenvalue weighted by molar-refractivity contribution is -0.141. The van der Waals surface area contributed by atoms with E-state index in [1.165, 1.54) is 117 Å². The van der Waals surface area contributed by atoms with Gasteiger partial charge in [0, 0.05) is 25.7 Å². The number of carbonyl (C=O) groups excluding carboxylic acids is 3. The van der Waals surface area contributed by atoms with Gasteiger partial charge in [-0.05, 0) is 110 Å². The molecule has 0 N–H and O–H groups in total. The second kappa shape index (κ2) is 39.7. The van der Waals surface area contributed by atoms with Crippen LogP contribution in [0.3, 0.4) is 0 Å². The summed E-state index contributed by atoms with van der Waals surface area (Å²) in [6, 6.07) is 0. The van der Waals surface area contributed by atoms with Gasteiger partial charge in [0.15, 0.2) is 0 Å². The minimum Gasteiger partial charge on any atom is -0.469 e. The summed E-state index contributed by atoms with van der Waals surface area (Å²) in [4.78, 5) is 37.2. The molecule has 0 fully saturated rings. The second-order valence-corrected chi connectivity index (χ2v) is 14.9. The summed E-state index contributed by atoms with van der Waals surface area (Å²) in [5.74, 6) is 0.826. The zero-order chi connectivity index (χ0) is 38.2. The Labute approximate surface area is 321 Å². The molecule has 0 aromatic rings. The van der Waals surface area contributed by atoms with Crippen LogP contribution < -0.4 is 0 Å². The van der Waals surface area contributed by atoms with Crippen LogP contribution in [0.5, 0.6) is 0 Å². The first-order chi connectivity index (χ1) is 25.4. The van der Waals surface area contributed by atoms with Crippen molar-refractivity contribution in [3.05, 3.63) is 48.6 Å². The second-order valence-electron chi connectivity index (χ2n) is 14.9. The van der Waals surface area contributed by atoms with Crippen molar-refractivity contribution in [2.24, 2.45) is 5.92 Å². The van der Waals surface area contributed by atoms with Gasteiger partial charge in [-0.2, -0.15) is 0 Å². The summed E-state index contributed by atoms with van der Waals surface area (Å²) in [6.07, 6.45) is 49.9. The van der Waals surface area contributed by atoms with Crippen LogP contribution in [-0.2, 0) is 23.9 Å². The zero-order valence-corrected chi connectivity index (χ0v) is 34.4. The molecule has 0 aromatic carbocycles. The Bertz CT molecular complexity index is 888. The lowest BCUT2D eigenvalue weighted by atomic mass is 9.89. The van der Waals surface area contributed by atoms with Crippen LogP contribution in [0.2, 0.25) is 0 Å². The smallest absolute Gasteiger partial charge is 0.305 e. The van der Waals surface area contributed by atoms with Crippen molar-refractivity contribution in [2.75, 3.05) is 34.9 Å². The Kier molecular flexibility index (Phi) is 37.8. The number of Topliss-reactive ketones (excluding diaryl/α,β-unsaturated/α-hetero) is 1. The number of rotatable bonds is 38. The van der Waals surface area contributed by atoms with E-state index >= 15 is 0 Å². The van der Waals surface area contributed by atoms with Gasteiger partial charge in [-0.3, -0.25) is 14.4 Å². The molecule has 0 unspecified atom stereocenters. The normalized spacial score (nSPS) is 12.1. The third kappa shape index (κ3) is 38.8. The molecule has 0 amide bonds. The lowest BCUT2D eigenvalue weighted by Crippen LogP contribution is -2.15. The molecule has 0 rings (SSSR count). The lowest BCUT2D eigenvalue weighted by Gasteiger charge is -2.17. The van der Waals surface area contributed by atoms with Gasteiger partial charge >= 0.3 is 11.9 Å². The fourth-order valence-corrected chi connectivity index (χ4v) is 6.45. The number of nitrogens with zero attached hydrogens (tertiary/aromatic N) is 1. The molecule has 0 atom stereocenters. The maximum atomic E-state index is 12.8. The number of carbonyl (C=O) groups is 3. The van der Waals surface area contributed by atoms with Gasteiger partial charge in [0.25, 0.3) is 0 Å². The first kappa shape index (κ1) is 49.5. The average Bonchev–Trinajstić information content (AvgIpc) is 3.13. The van der Waals surface area contributed by atoms with E-state index in [1.807, 2.05) is 0 Å². The molecule has 0 bridgehead atoms. The maximum absolute atomic E-state index is 12.8. The molecule has 0 heterocycles. The molecule has 0 radical (unpaired) electrons. The van der Waals surface area contributed by atoms with Crippen molar-refractivity contribution in [2.45, 2.75) is 186 Å². The quantitative estimate of drug-likeness (QED) is 0.0358. The summed E-state index contributed by atoms with van der Waals surface area (Å²) in [5, 5.41) is 0. The number of ketones is 1. The fraction of sp³-hybridized carbons (Fsp3) is 0.761. The molecule has 0 saturated heterocycles. The van der Waals surface area contributed by atoms with Gasteiger partial charge < -0.3 is 14.4 Å². The van der Waals surface area contributed by atoms with Crippen LogP contribution in [0.1, 0.15) is 186 Å². The summed E-state index contributed by atoms with van der Waals surface area (Å²) < 4.78 is 9.34. The fourth-order valence-electron chi connectivity index (χ4n) is 6.45. The molecule has 0 aliphatic carbocycles. The predicted molar refractivity (Wildman–Crippen MR) is 222 cm³/mol. The summed E-state index contributed by atoms with van der Waals surface area (Å²) in [5.41, 5.74) is 0. The number of unbranched alkanes of at least 4 members (excludes halogenated alkanes) is 16. The zero-order valence-electron chi connectivity index (χ0n) is 34.4. The number of allylic oxidation sites excluding steroid dienone is 8. The molecule has 6 heteroatoms. The van der Waals surface area contributed by atoms with Crippen LogP contribution in [0.15, 0.2) is 48.6 Å². The van der Waals surface area contributed by atoms with E-state index in [0.717, 1.165) is 77.2 Å². The minimum absolute atomic E-state index is 0.113. The Morgan fingerprint density at radius 1 is 0.462 bits per heavy atom. The summed E-state index contributed by atoms with van der Waals surface area (Å²) in [6.45, 7) is 0.998. The molecule has 0 aliphatic heterocycles. The largest absolute Gasteiger partial charge is 0.469 e. The van der Waals surface area contributed by atoms with Gasteiger partial charge in [-0.15, -0.1) is 0 Å². The summed E-state index contributed by atoms with van der Waals surface area (Å²) >= 11 is 0. The van der Waals surface area contributed by atoms with Crippen LogP contribution in [0, 0.1) is 5.92 Å². The van der Waals surface area contributed by atoms with Crippen molar-refractivity contribution in [1.29, 1.82) is 0 Å². The monoisotopic (exact) mass is 728 g/mol. The van der Waals surface area contributed by atoms with Gasteiger partial charge in [-0.1, -0.05) is 126 Å². The molecule has 0 aromatic heterocycles.